The molecule has 188 valence electrons. The molecule has 0 aromatic heterocycles. The highest BCUT2D eigenvalue weighted by molar-refractivity contribution is 7.89. The topological polar surface area (TPSA) is 108 Å². The molecule has 36 heavy (non-hydrogen) atoms. The van der Waals surface area contributed by atoms with Crippen molar-refractivity contribution in [3.63, 3.8) is 0 Å². The van der Waals surface area contributed by atoms with Gasteiger partial charge in [-0.2, -0.15) is 13.9 Å². The van der Waals surface area contributed by atoms with E-state index in [2.05, 4.69) is 0 Å². The van der Waals surface area contributed by atoms with Crippen LogP contribution in [0, 0.1) is 32.1 Å². The molecule has 0 saturated carbocycles. The predicted molar refractivity (Wildman–Crippen MR) is 136 cm³/mol. The van der Waals surface area contributed by atoms with Gasteiger partial charge in [0.2, 0.25) is 20.0 Å². The molecule has 0 amide bonds. The Bertz CT molecular complexity index is 1520. The second-order valence-electron chi connectivity index (χ2n) is 8.82. The fraction of sp³-hybridized carbons (Fsp3) is 0.269. The Kier molecular flexibility index (Phi) is 7.20. The monoisotopic (exact) mass is 525 g/mol. The predicted octanol–water partition coefficient (Wildman–Crippen LogP) is 3.97. The van der Waals surface area contributed by atoms with E-state index in [9.17, 15) is 22.1 Å². The molecular formula is C26H27N3O5S2. The molecule has 0 N–H and O–H groups in total. The molecule has 0 bridgehead atoms. The first-order valence-electron chi connectivity index (χ1n) is 11.4. The van der Waals surface area contributed by atoms with Crippen LogP contribution >= 0.6 is 0 Å². The Hall–Kier alpha value is -3.23. The number of benzene rings is 3. The van der Waals surface area contributed by atoms with Crippen molar-refractivity contribution < 1.29 is 21.6 Å². The molecule has 8 nitrogen and oxygen atoms in total. The van der Waals surface area contributed by atoms with Gasteiger partial charge in [0.15, 0.2) is 0 Å². The number of hydrogen-bond donors (Lipinski definition) is 0. The maximum atomic E-state index is 13.6. The van der Waals surface area contributed by atoms with Gasteiger partial charge < -0.3 is 4.74 Å². The molecule has 1 saturated heterocycles. The standard InChI is InChI=1S/C26H27N3O5S2/c1-19-4-7-24(8-5-19)35(30,31)28-10-12-29(13-11-28)36(32,33)26-17-22(18-27)6-9-25(26)34-23-15-20(2)14-21(3)16-23/h4-9,14-17H,10-13H2,1-3H3. The van der Waals surface area contributed by atoms with Crippen LogP contribution in [0.5, 0.6) is 11.5 Å². The van der Waals surface area contributed by atoms with Crippen molar-refractivity contribution in [1.82, 2.24) is 8.61 Å². The molecular weight excluding hydrogens is 498 g/mol. The summed E-state index contributed by atoms with van der Waals surface area (Å²) in [7, 11) is -7.81. The van der Waals surface area contributed by atoms with E-state index in [1.807, 2.05) is 32.9 Å². The molecule has 0 unspecified atom stereocenters. The minimum absolute atomic E-state index is 0.0145. The van der Waals surface area contributed by atoms with Crippen molar-refractivity contribution in [1.29, 1.82) is 5.26 Å². The summed E-state index contributed by atoms with van der Waals surface area (Å²) < 4.78 is 61.8. The number of aryl methyl sites for hydroxylation is 3. The number of piperazine rings is 1. The minimum atomic E-state index is -4.07. The highest BCUT2D eigenvalue weighted by atomic mass is 32.2. The summed E-state index contributed by atoms with van der Waals surface area (Å²) in [6, 6.07) is 18.4. The van der Waals surface area contributed by atoms with Crippen molar-refractivity contribution in [3.05, 3.63) is 82.9 Å². The molecule has 10 heteroatoms. The van der Waals surface area contributed by atoms with Gasteiger partial charge in [-0.25, -0.2) is 16.8 Å². The zero-order valence-corrected chi connectivity index (χ0v) is 21.9. The van der Waals surface area contributed by atoms with Crippen molar-refractivity contribution in [3.8, 4) is 17.6 Å². The highest BCUT2D eigenvalue weighted by Crippen LogP contribution is 2.33. The lowest BCUT2D eigenvalue weighted by atomic mass is 10.1. The van der Waals surface area contributed by atoms with Crippen molar-refractivity contribution in [2.75, 3.05) is 26.2 Å². The lowest BCUT2D eigenvalue weighted by Gasteiger charge is -2.33. The number of rotatable bonds is 6. The first-order chi connectivity index (χ1) is 17.0. The molecule has 1 aliphatic rings. The Morgan fingerprint density at radius 2 is 1.28 bits per heavy atom. The summed E-state index contributed by atoms with van der Waals surface area (Å²) in [6.45, 7) is 5.70. The average Bonchev–Trinajstić information content (AvgIpc) is 2.84. The summed E-state index contributed by atoms with van der Waals surface area (Å²) in [6.07, 6.45) is 0. The Labute approximate surface area is 212 Å². The number of nitrogens with zero attached hydrogens (tertiary/aromatic N) is 3. The smallest absolute Gasteiger partial charge is 0.246 e. The van der Waals surface area contributed by atoms with Crippen molar-refractivity contribution in [2.45, 2.75) is 30.6 Å². The van der Waals surface area contributed by atoms with E-state index >= 15 is 0 Å². The zero-order valence-electron chi connectivity index (χ0n) is 20.3. The summed E-state index contributed by atoms with van der Waals surface area (Å²) in [5.74, 6) is 0.594. The Morgan fingerprint density at radius 1 is 0.722 bits per heavy atom. The van der Waals surface area contributed by atoms with E-state index in [1.54, 1.807) is 36.4 Å². The second-order valence-corrected chi connectivity index (χ2v) is 12.7. The van der Waals surface area contributed by atoms with Crippen LogP contribution < -0.4 is 4.74 Å². The molecule has 1 fully saturated rings. The van der Waals surface area contributed by atoms with Crippen LogP contribution in [0.4, 0.5) is 0 Å². The normalized spacial score (nSPS) is 15.4. The van der Waals surface area contributed by atoms with Crippen molar-refractivity contribution in [2.24, 2.45) is 0 Å². The van der Waals surface area contributed by atoms with E-state index in [1.165, 1.54) is 26.8 Å². The lowest BCUT2D eigenvalue weighted by Crippen LogP contribution is -2.50. The maximum Gasteiger partial charge on any atom is 0.246 e. The van der Waals surface area contributed by atoms with E-state index in [-0.39, 0.29) is 47.3 Å². The third-order valence-corrected chi connectivity index (χ3v) is 9.80. The van der Waals surface area contributed by atoms with Crippen LogP contribution in [-0.4, -0.2) is 51.6 Å². The number of hydrogen-bond acceptors (Lipinski definition) is 6. The van der Waals surface area contributed by atoms with Crippen molar-refractivity contribution >= 4 is 20.0 Å². The first kappa shape index (κ1) is 25.9. The van der Waals surface area contributed by atoms with Gasteiger partial charge in [0.05, 0.1) is 16.5 Å². The van der Waals surface area contributed by atoms with E-state index in [0.717, 1.165) is 16.7 Å². The van der Waals surface area contributed by atoms with E-state index in [0.29, 0.717) is 5.75 Å². The lowest BCUT2D eigenvalue weighted by molar-refractivity contribution is 0.272. The minimum Gasteiger partial charge on any atom is -0.456 e. The summed E-state index contributed by atoms with van der Waals surface area (Å²) in [5.41, 5.74) is 3.06. The fourth-order valence-corrected chi connectivity index (χ4v) is 7.12. The number of nitriles is 1. The van der Waals surface area contributed by atoms with E-state index in [4.69, 9.17) is 4.74 Å². The van der Waals surface area contributed by atoms with Crippen LogP contribution in [0.3, 0.4) is 0 Å². The number of sulfonamides is 2. The molecule has 0 spiro atoms. The van der Waals surface area contributed by atoms with Gasteiger partial charge in [-0.3, -0.25) is 0 Å². The van der Waals surface area contributed by atoms with Crippen LogP contribution in [0.2, 0.25) is 0 Å². The van der Waals surface area contributed by atoms with Crippen LogP contribution in [-0.2, 0) is 20.0 Å². The van der Waals surface area contributed by atoms with Gasteiger partial charge >= 0.3 is 0 Å². The zero-order chi connectivity index (χ0) is 26.1. The van der Waals surface area contributed by atoms with Gasteiger partial charge in [-0.1, -0.05) is 23.8 Å². The fourth-order valence-electron chi connectivity index (χ4n) is 4.13. The summed E-state index contributed by atoms with van der Waals surface area (Å²) >= 11 is 0. The molecule has 0 radical (unpaired) electrons. The second kappa shape index (κ2) is 10.0. The first-order valence-corrected chi connectivity index (χ1v) is 14.3. The van der Waals surface area contributed by atoms with Gasteiger partial charge in [-0.15, -0.1) is 0 Å². The molecule has 0 atom stereocenters. The molecule has 0 aliphatic carbocycles. The molecule has 1 aliphatic heterocycles. The Morgan fingerprint density at radius 3 is 1.83 bits per heavy atom. The summed E-state index contributed by atoms with van der Waals surface area (Å²) in [4.78, 5) is 0.0470. The molecule has 1 heterocycles. The summed E-state index contributed by atoms with van der Waals surface area (Å²) in [5, 5.41) is 9.37. The Balaban J connectivity index is 1.60. The molecule has 4 rings (SSSR count). The molecule has 3 aromatic rings. The SMILES string of the molecule is Cc1ccc(S(=O)(=O)N2CCN(S(=O)(=O)c3cc(C#N)ccc3Oc3cc(C)cc(C)c3)CC2)cc1. The maximum absolute atomic E-state index is 13.6. The quantitative estimate of drug-likeness (QED) is 0.482. The average molecular weight is 526 g/mol. The van der Waals surface area contributed by atoms with Gasteiger partial charge in [-0.05, 0) is 74.4 Å². The van der Waals surface area contributed by atoms with Crippen LogP contribution in [0.15, 0.2) is 70.5 Å². The largest absolute Gasteiger partial charge is 0.456 e. The van der Waals surface area contributed by atoms with Gasteiger partial charge in [0, 0.05) is 26.2 Å². The molecule has 3 aromatic carbocycles. The third kappa shape index (κ3) is 5.29. The number of ether oxygens (including phenoxy) is 1. The third-order valence-electron chi connectivity index (χ3n) is 5.97. The van der Waals surface area contributed by atoms with Crippen LogP contribution in [0.1, 0.15) is 22.3 Å². The van der Waals surface area contributed by atoms with Crippen LogP contribution in [0.25, 0.3) is 0 Å². The highest BCUT2D eigenvalue weighted by Gasteiger charge is 2.35. The van der Waals surface area contributed by atoms with E-state index < -0.39 is 20.0 Å². The van der Waals surface area contributed by atoms with Gasteiger partial charge in [0.25, 0.3) is 0 Å². The van der Waals surface area contributed by atoms with Gasteiger partial charge in [0.1, 0.15) is 16.4 Å².